The molecule has 3 aromatic rings. The first-order valence-electron chi connectivity index (χ1n) is 10.4. The molecule has 0 aliphatic carbocycles. The van der Waals surface area contributed by atoms with Crippen LogP contribution in [0.25, 0.3) is 0 Å². The fourth-order valence-corrected chi connectivity index (χ4v) is 4.12. The maximum Gasteiger partial charge on any atom is 0.345 e. The minimum absolute atomic E-state index is 0.0292. The molecular formula is C23H27N5O2. The highest BCUT2D eigenvalue weighted by molar-refractivity contribution is 5.95. The molecule has 7 heteroatoms. The van der Waals surface area contributed by atoms with Gasteiger partial charge < -0.3 is 4.90 Å². The molecule has 0 saturated carbocycles. The summed E-state index contributed by atoms with van der Waals surface area (Å²) in [4.78, 5) is 31.5. The van der Waals surface area contributed by atoms with Crippen LogP contribution in [0.5, 0.6) is 0 Å². The summed E-state index contributed by atoms with van der Waals surface area (Å²) in [6.07, 6.45) is 5.73. The number of piperidine rings is 1. The number of aryl methyl sites for hydroxylation is 3. The van der Waals surface area contributed by atoms with E-state index in [-0.39, 0.29) is 17.5 Å². The van der Waals surface area contributed by atoms with Gasteiger partial charge in [0.2, 0.25) is 0 Å². The van der Waals surface area contributed by atoms with Crippen LogP contribution in [0.4, 0.5) is 0 Å². The highest BCUT2D eigenvalue weighted by atomic mass is 16.2. The average molecular weight is 406 g/mol. The second-order valence-corrected chi connectivity index (χ2v) is 7.91. The molecule has 0 radical (unpaired) electrons. The van der Waals surface area contributed by atoms with Crippen LogP contribution in [0.2, 0.25) is 0 Å². The largest absolute Gasteiger partial charge is 0.345 e. The van der Waals surface area contributed by atoms with Gasteiger partial charge in [0.25, 0.3) is 5.91 Å². The molecule has 0 atom stereocenters. The molecule has 0 bridgehead atoms. The van der Waals surface area contributed by atoms with Crippen molar-refractivity contribution in [3.05, 3.63) is 81.8 Å². The first kappa shape index (κ1) is 20.1. The Morgan fingerprint density at radius 2 is 1.87 bits per heavy atom. The average Bonchev–Trinajstić information content (AvgIpc) is 3.07. The number of amides is 1. The zero-order valence-electron chi connectivity index (χ0n) is 17.5. The zero-order chi connectivity index (χ0) is 21.1. The number of hydrogen-bond acceptors (Lipinski definition) is 4. The van der Waals surface area contributed by atoms with Crippen molar-refractivity contribution in [2.75, 3.05) is 13.1 Å². The Labute approximate surface area is 176 Å². The number of aromatic nitrogens is 4. The van der Waals surface area contributed by atoms with E-state index < -0.39 is 0 Å². The number of nitrogens with zero attached hydrogens (tertiary/aromatic N) is 5. The number of carbonyl (C=O) groups excluding carboxylic acids is 1. The van der Waals surface area contributed by atoms with Gasteiger partial charge in [-0.2, -0.15) is 5.10 Å². The normalized spacial score (nSPS) is 14.8. The predicted octanol–water partition coefficient (Wildman–Crippen LogP) is 2.55. The smallest absolute Gasteiger partial charge is 0.339 e. The summed E-state index contributed by atoms with van der Waals surface area (Å²) in [5.41, 5.74) is 2.72. The summed E-state index contributed by atoms with van der Waals surface area (Å²) in [6, 6.07) is 12.0. The maximum absolute atomic E-state index is 12.9. The lowest BCUT2D eigenvalue weighted by Crippen LogP contribution is -2.39. The Bertz CT molecular complexity index is 1080. The van der Waals surface area contributed by atoms with Gasteiger partial charge in [-0.25, -0.2) is 9.48 Å². The summed E-state index contributed by atoms with van der Waals surface area (Å²) in [5, 5.41) is 4.54. The first-order valence-corrected chi connectivity index (χ1v) is 10.4. The van der Waals surface area contributed by atoms with Gasteiger partial charge >= 0.3 is 5.69 Å². The van der Waals surface area contributed by atoms with E-state index in [0.29, 0.717) is 25.2 Å². The van der Waals surface area contributed by atoms with Gasteiger partial charge in [0.05, 0.1) is 5.56 Å². The molecule has 1 aliphatic heterocycles. The Kier molecular flexibility index (Phi) is 5.79. The maximum atomic E-state index is 12.9. The molecule has 1 saturated heterocycles. The van der Waals surface area contributed by atoms with Crippen LogP contribution in [-0.4, -0.2) is 43.2 Å². The topological polar surface area (TPSA) is 73.0 Å². The van der Waals surface area contributed by atoms with Crippen molar-refractivity contribution in [3.8, 4) is 0 Å². The van der Waals surface area contributed by atoms with Gasteiger partial charge in [0.15, 0.2) is 0 Å². The quantitative estimate of drug-likeness (QED) is 0.654. The standard InChI is InChI=1S/C23H27N5O2/c1-17-8-12-24-16-20(17)22(29)27-13-10-19(11-14-27)21-25-26(2)23(30)28(21)15-9-18-6-4-3-5-7-18/h3-8,12,16,19H,9-11,13-15H2,1-2H3. The molecule has 1 amide bonds. The van der Waals surface area contributed by atoms with E-state index in [0.717, 1.165) is 30.7 Å². The predicted molar refractivity (Wildman–Crippen MR) is 114 cm³/mol. The molecule has 0 unspecified atom stereocenters. The van der Waals surface area contributed by atoms with Crippen molar-refractivity contribution >= 4 is 5.91 Å². The van der Waals surface area contributed by atoms with Crippen molar-refractivity contribution in [1.29, 1.82) is 0 Å². The van der Waals surface area contributed by atoms with Gasteiger partial charge in [0, 0.05) is 45.0 Å². The Morgan fingerprint density at radius 1 is 1.13 bits per heavy atom. The lowest BCUT2D eigenvalue weighted by atomic mass is 9.95. The highest BCUT2D eigenvalue weighted by Crippen LogP contribution is 2.27. The van der Waals surface area contributed by atoms with E-state index in [1.165, 1.54) is 10.2 Å². The summed E-state index contributed by atoms with van der Waals surface area (Å²) in [5.74, 6) is 1.04. The minimum atomic E-state index is -0.0783. The highest BCUT2D eigenvalue weighted by Gasteiger charge is 2.29. The second kappa shape index (κ2) is 8.65. The van der Waals surface area contributed by atoms with Gasteiger partial charge in [-0.05, 0) is 43.4 Å². The number of hydrogen-bond donors (Lipinski definition) is 0. The zero-order valence-corrected chi connectivity index (χ0v) is 17.5. The molecule has 7 nitrogen and oxygen atoms in total. The van der Waals surface area contributed by atoms with Crippen LogP contribution in [0.1, 0.15) is 46.1 Å². The van der Waals surface area contributed by atoms with Crippen LogP contribution < -0.4 is 5.69 Å². The van der Waals surface area contributed by atoms with Gasteiger partial charge in [0.1, 0.15) is 5.82 Å². The van der Waals surface area contributed by atoms with Crippen molar-refractivity contribution in [3.63, 3.8) is 0 Å². The lowest BCUT2D eigenvalue weighted by Gasteiger charge is -2.32. The summed E-state index contributed by atoms with van der Waals surface area (Å²) in [7, 11) is 1.70. The number of benzene rings is 1. The Morgan fingerprint density at radius 3 is 2.57 bits per heavy atom. The fourth-order valence-electron chi connectivity index (χ4n) is 4.12. The third-order valence-electron chi connectivity index (χ3n) is 5.92. The monoisotopic (exact) mass is 405 g/mol. The number of pyridine rings is 1. The van der Waals surface area contributed by atoms with Gasteiger partial charge in [-0.3, -0.25) is 14.3 Å². The third-order valence-corrected chi connectivity index (χ3v) is 5.92. The molecule has 1 aliphatic rings. The third kappa shape index (κ3) is 4.06. The van der Waals surface area contributed by atoms with Crippen molar-refractivity contribution in [1.82, 2.24) is 24.2 Å². The molecule has 30 heavy (non-hydrogen) atoms. The van der Waals surface area contributed by atoms with E-state index in [2.05, 4.69) is 22.2 Å². The number of likely N-dealkylation sites (tertiary alicyclic amines) is 1. The summed E-state index contributed by atoms with van der Waals surface area (Å²) < 4.78 is 3.23. The van der Waals surface area contributed by atoms with E-state index in [1.54, 1.807) is 24.0 Å². The van der Waals surface area contributed by atoms with Crippen molar-refractivity contribution in [2.45, 2.75) is 38.6 Å². The van der Waals surface area contributed by atoms with E-state index in [1.807, 2.05) is 36.1 Å². The van der Waals surface area contributed by atoms with Gasteiger partial charge in [-0.15, -0.1) is 0 Å². The lowest BCUT2D eigenvalue weighted by molar-refractivity contribution is 0.0709. The Hall–Kier alpha value is -3.22. The molecule has 2 aromatic heterocycles. The van der Waals surface area contributed by atoms with E-state index in [4.69, 9.17) is 0 Å². The summed E-state index contributed by atoms with van der Waals surface area (Å²) >= 11 is 0. The molecule has 1 fully saturated rings. The molecule has 0 spiro atoms. The van der Waals surface area contributed by atoms with Crippen LogP contribution in [0, 0.1) is 6.92 Å². The van der Waals surface area contributed by atoms with Crippen LogP contribution in [0.15, 0.2) is 53.6 Å². The van der Waals surface area contributed by atoms with Crippen LogP contribution in [-0.2, 0) is 20.0 Å². The van der Waals surface area contributed by atoms with Crippen molar-refractivity contribution in [2.24, 2.45) is 7.05 Å². The minimum Gasteiger partial charge on any atom is -0.339 e. The first-order chi connectivity index (χ1) is 14.5. The molecule has 0 N–H and O–H groups in total. The van der Waals surface area contributed by atoms with Crippen LogP contribution >= 0.6 is 0 Å². The van der Waals surface area contributed by atoms with E-state index in [9.17, 15) is 9.59 Å². The van der Waals surface area contributed by atoms with Crippen molar-refractivity contribution < 1.29 is 4.79 Å². The number of carbonyl (C=O) groups is 1. The molecular weight excluding hydrogens is 378 g/mol. The fraction of sp³-hybridized carbons (Fsp3) is 0.391. The summed E-state index contributed by atoms with van der Waals surface area (Å²) in [6.45, 7) is 3.85. The molecule has 3 heterocycles. The molecule has 1 aromatic carbocycles. The second-order valence-electron chi connectivity index (χ2n) is 7.91. The van der Waals surface area contributed by atoms with Crippen LogP contribution in [0.3, 0.4) is 0 Å². The number of rotatable bonds is 5. The van der Waals surface area contributed by atoms with E-state index >= 15 is 0 Å². The van der Waals surface area contributed by atoms with Gasteiger partial charge in [-0.1, -0.05) is 30.3 Å². The SMILES string of the molecule is Cc1ccncc1C(=O)N1CCC(c2nn(C)c(=O)n2CCc2ccccc2)CC1. The Balaban J connectivity index is 1.46. The molecule has 156 valence electrons. The molecule has 4 rings (SSSR count).